The van der Waals surface area contributed by atoms with Crippen LogP contribution in [0.4, 0.5) is 4.39 Å². The summed E-state index contributed by atoms with van der Waals surface area (Å²) in [6.07, 6.45) is 0.0835. The van der Waals surface area contributed by atoms with Crippen molar-refractivity contribution in [2.24, 2.45) is 5.92 Å². The molecule has 6 heteroatoms. The molecule has 4 nitrogen and oxygen atoms in total. The van der Waals surface area contributed by atoms with Crippen LogP contribution in [0.15, 0.2) is 22.7 Å². The van der Waals surface area contributed by atoms with E-state index in [1.807, 2.05) is 0 Å². The lowest BCUT2D eigenvalue weighted by molar-refractivity contribution is -0.158. The molecule has 0 N–H and O–H groups in total. The van der Waals surface area contributed by atoms with E-state index in [0.717, 1.165) is 0 Å². The predicted molar refractivity (Wildman–Crippen MR) is 65.3 cm³/mol. The van der Waals surface area contributed by atoms with E-state index in [0.29, 0.717) is 10.0 Å². The maximum absolute atomic E-state index is 12.9. The van der Waals surface area contributed by atoms with E-state index in [-0.39, 0.29) is 6.42 Å². The number of benzene rings is 1. The molecule has 1 aromatic carbocycles. The minimum absolute atomic E-state index is 0.0835. The van der Waals surface area contributed by atoms with Crippen molar-refractivity contribution in [3.63, 3.8) is 0 Å². The molecule has 0 aliphatic carbocycles. The van der Waals surface area contributed by atoms with Gasteiger partial charge < -0.3 is 9.47 Å². The van der Waals surface area contributed by atoms with Crippen molar-refractivity contribution in [1.82, 2.24) is 0 Å². The Balaban J connectivity index is 2.96. The highest BCUT2D eigenvalue weighted by molar-refractivity contribution is 9.10. The zero-order valence-electron chi connectivity index (χ0n) is 9.91. The summed E-state index contributed by atoms with van der Waals surface area (Å²) in [5, 5.41) is 0. The van der Waals surface area contributed by atoms with E-state index in [2.05, 4.69) is 25.4 Å². The minimum atomic E-state index is -1.05. The molecule has 98 valence electrons. The number of ether oxygens (including phenoxy) is 2. The fourth-order valence-corrected chi connectivity index (χ4v) is 1.97. The Morgan fingerprint density at radius 3 is 2.28 bits per heavy atom. The molecule has 0 bridgehead atoms. The molecule has 0 saturated heterocycles. The van der Waals surface area contributed by atoms with Gasteiger partial charge >= 0.3 is 11.9 Å². The fraction of sp³-hybridized carbons (Fsp3) is 0.333. The summed E-state index contributed by atoms with van der Waals surface area (Å²) in [4.78, 5) is 23.0. The van der Waals surface area contributed by atoms with Gasteiger partial charge in [0.05, 0.1) is 14.2 Å². The fourth-order valence-electron chi connectivity index (χ4n) is 1.45. The van der Waals surface area contributed by atoms with Gasteiger partial charge in [-0.15, -0.1) is 0 Å². The summed E-state index contributed by atoms with van der Waals surface area (Å²) in [5.41, 5.74) is 0.622. The van der Waals surface area contributed by atoms with Crippen molar-refractivity contribution < 1.29 is 23.5 Å². The molecule has 1 aromatic rings. The molecule has 18 heavy (non-hydrogen) atoms. The molecule has 1 rings (SSSR count). The molecule has 0 saturated carbocycles. The van der Waals surface area contributed by atoms with Gasteiger partial charge in [0.15, 0.2) is 5.92 Å². The Morgan fingerprint density at radius 2 is 1.83 bits per heavy atom. The van der Waals surface area contributed by atoms with Crippen LogP contribution in [0.1, 0.15) is 5.56 Å². The summed E-state index contributed by atoms with van der Waals surface area (Å²) < 4.78 is 22.5. The van der Waals surface area contributed by atoms with Gasteiger partial charge in [-0.3, -0.25) is 9.59 Å². The normalized spacial score (nSPS) is 10.3. The first-order chi connectivity index (χ1) is 8.49. The molecular formula is C12H12BrFO4. The van der Waals surface area contributed by atoms with Gasteiger partial charge in [-0.2, -0.15) is 0 Å². The predicted octanol–water partition coefficient (Wildman–Crippen LogP) is 2.09. The van der Waals surface area contributed by atoms with E-state index < -0.39 is 23.7 Å². The maximum Gasteiger partial charge on any atom is 0.320 e. The molecule has 0 spiro atoms. The smallest absolute Gasteiger partial charge is 0.320 e. The number of carbonyl (C=O) groups is 2. The van der Waals surface area contributed by atoms with Crippen molar-refractivity contribution in [3.8, 4) is 0 Å². The zero-order chi connectivity index (χ0) is 13.7. The van der Waals surface area contributed by atoms with Crippen molar-refractivity contribution in [2.75, 3.05) is 14.2 Å². The topological polar surface area (TPSA) is 52.6 Å². The Bertz CT molecular complexity index is 445. The highest BCUT2D eigenvalue weighted by Crippen LogP contribution is 2.22. The highest BCUT2D eigenvalue weighted by Gasteiger charge is 2.29. The van der Waals surface area contributed by atoms with Crippen molar-refractivity contribution in [2.45, 2.75) is 6.42 Å². The van der Waals surface area contributed by atoms with Crippen molar-refractivity contribution in [1.29, 1.82) is 0 Å². The van der Waals surface area contributed by atoms with Gasteiger partial charge in [0, 0.05) is 4.47 Å². The Morgan fingerprint density at radius 1 is 1.28 bits per heavy atom. The van der Waals surface area contributed by atoms with E-state index in [1.165, 1.54) is 32.4 Å². The lowest BCUT2D eigenvalue weighted by Crippen LogP contribution is -2.28. The lowest BCUT2D eigenvalue weighted by Gasteiger charge is -2.13. The SMILES string of the molecule is COC(=O)C(Cc1ccc(F)cc1Br)C(=O)OC. The molecule has 0 aliphatic heterocycles. The van der Waals surface area contributed by atoms with Crippen LogP contribution >= 0.6 is 15.9 Å². The molecule has 0 heterocycles. The van der Waals surface area contributed by atoms with Crippen molar-refractivity contribution >= 4 is 27.9 Å². The average Bonchev–Trinajstić information content (AvgIpc) is 2.36. The number of esters is 2. The van der Waals surface area contributed by atoms with E-state index in [9.17, 15) is 14.0 Å². The number of hydrogen-bond acceptors (Lipinski definition) is 4. The van der Waals surface area contributed by atoms with Crippen LogP contribution in [-0.4, -0.2) is 26.2 Å². The van der Waals surface area contributed by atoms with Crippen LogP contribution in [0.5, 0.6) is 0 Å². The average molecular weight is 319 g/mol. The lowest BCUT2D eigenvalue weighted by atomic mass is 9.99. The van der Waals surface area contributed by atoms with Crippen LogP contribution in [-0.2, 0) is 25.5 Å². The molecule has 0 aromatic heterocycles. The number of hydrogen-bond donors (Lipinski definition) is 0. The molecule has 0 fully saturated rings. The first-order valence-electron chi connectivity index (χ1n) is 5.09. The Labute approximate surface area is 112 Å². The maximum atomic E-state index is 12.9. The molecule has 0 aliphatic rings. The van der Waals surface area contributed by atoms with Gasteiger partial charge in [0.2, 0.25) is 0 Å². The second kappa shape index (κ2) is 6.49. The van der Waals surface area contributed by atoms with E-state index >= 15 is 0 Å². The molecule has 0 amide bonds. The summed E-state index contributed by atoms with van der Waals surface area (Å²) >= 11 is 3.17. The first kappa shape index (κ1) is 14.6. The van der Waals surface area contributed by atoms with Gasteiger partial charge in [-0.05, 0) is 24.1 Å². The molecular weight excluding hydrogens is 307 g/mol. The van der Waals surface area contributed by atoms with Gasteiger partial charge in [-0.1, -0.05) is 22.0 Å². The standard InChI is InChI=1S/C12H12BrFO4/c1-17-11(15)9(12(16)18-2)5-7-3-4-8(14)6-10(7)13/h3-4,6,9H,5H2,1-2H3. The summed E-state index contributed by atoms with van der Waals surface area (Å²) in [5.74, 6) is -2.82. The summed E-state index contributed by atoms with van der Waals surface area (Å²) in [6, 6.07) is 4.02. The van der Waals surface area contributed by atoms with Crippen LogP contribution in [0.25, 0.3) is 0 Å². The van der Waals surface area contributed by atoms with E-state index in [1.54, 1.807) is 0 Å². The quantitative estimate of drug-likeness (QED) is 0.630. The molecule has 0 radical (unpaired) electrons. The number of rotatable bonds is 4. The second-order valence-electron chi connectivity index (χ2n) is 3.54. The summed E-state index contributed by atoms with van der Waals surface area (Å²) in [6.45, 7) is 0. The number of carbonyl (C=O) groups excluding carboxylic acids is 2. The Hall–Kier alpha value is -1.43. The second-order valence-corrected chi connectivity index (χ2v) is 4.39. The van der Waals surface area contributed by atoms with Crippen LogP contribution in [0, 0.1) is 11.7 Å². The largest absolute Gasteiger partial charge is 0.468 e. The number of halogens is 2. The third-order valence-corrected chi connectivity index (χ3v) is 3.15. The molecule has 0 atom stereocenters. The third kappa shape index (κ3) is 3.53. The minimum Gasteiger partial charge on any atom is -0.468 e. The highest BCUT2D eigenvalue weighted by atomic mass is 79.9. The van der Waals surface area contributed by atoms with E-state index in [4.69, 9.17) is 0 Å². The van der Waals surface area contributed by atoms with Crippen LogP contribution < -0.4 is 0 Å². The number of methoxy groups -OCH3 is 2. The van der Waals surface area contributed by atoms with Gasteiger partial charge in [0.1, 0.15) is 5.82 Å². The third-order valence-electron chi connectivity index (χ3n) is 2.41. The van der Waals surface area contributed by atoms with Crippen LogP contribution in [0.2, 0.25) is 0 Å². The first-order valence-corrected chi connectivity index (χ1v) is 5.88. The van der Waals surface area contributed by atoms with Gasteiger partial charge in [-0.25, -0.2) is 4.39 Å². The monoisotopic (exact) mass is 318 g/mol. The van der Waals surface area contributed by atoms with Gasteiger partial charge in [0.25, 0.3) is 0 Å². The Kier molecular flexibility index (Phi) is 5.27. The zero-order valence-corrected chi connectivity index (χ0v) is 11.5. The summed E-state index contributed by atoms with van der Waals surface area (Å²) in [7, 11) is 2.38. The molecule has 0 unspecified atom stereocenters. The van der Waals surface area contributed by atoms with Crippen molar-refractivity contribution in [3.05, 3.63) is 34.1 Å². The van der Waals surface area contributed by atoms with Crippen LogP contribution in [0.3, 0.4) is 0 Å².